The molecule has 0 atom stereocenters. The van der Waals surface area contributed by atoms with Gasteiger partial charge >= 0.3 is 5.97 Å². The average molecular weight is 651 g/mol. The first-order valence-corrected chi connectivity index (χ1v) is 15.7. The minimum Gasteiger partial charge on any atom is -0.508 e. The van der Waals surface area contributed by atoms with Gasteiger partial charge in [0.15, 0.2) is 0 Å². The monoisotopic (exact) mass is 650 g/mol. The number of aromatic carboxylic acids is 1. The van der Waals surface area contributed by atoms with Crippen LogP contribution < -0.4 is 4.74 Å². The van der Waals surface area contributed by atoms with Gasteiger partial charge in [-0.2, -0.15) is 0 Å². The second-order valence-electron chi connectivity index (χ2n) is 10.5. The number of ether oxygens (including phenoxy) is 1. The first kappa shape index (κ1) is 30.6. The summed E-state index contributed by atoms with van der Waals surface area (Å²) in [6.07, 6.45) is 0. The molecule has 0 aliphatic carbocycles. The fraction of sp³-hybridized carbons (Fsp3) is 0.0556. The highest BCUT2D eigenvalue weighted by atomic mass is 35.5. The second kappa shape index (κ2) is 11.8. The SMILES string of the molecule is [C-]#[N+]c1c(OC)cccc1-c1c(-c2cccc(-c3ccc(C(=O)O)cc3Cl)c2)n(S(=O)(=O)c2ccc(C)cc2)c2ccc(F)cc12. The van der Waals surface area contributed by atoms with Crippen molar-refractivity contribution in [1.29, 1.82) is 0 Å². The zero-order valence-corrected chi connectivity index (χ0v) is 26.0. The van der Waals surface area contributed by atoms with Crippen LogP contribution in [0.5, 0.6) is 5.75 Å². The minimum atomic E-state index is -4.30. The number of carboxylic acid groups (broad SMARTS) is 1. The van der Waals surface area contributed by atoms with Gasteiger partial charge in [0.05, 0.1) is 35.4 Å². The summed E-state index contributed by atoms with van der Waals surface area (Å²) in [5.41, 5.74) is 3.62. The van der Waals surface area contributed by atoms with Gasteiger partial charge in [-0.3, -0.25) is 0 Å². The third-order valence-electron chi connectivity index (χ3n) is 7.71. The van der Waals surface area contributed by atoms with Crippen molar-refractivity contribution in [3.05, 3.63) is 137 Å². The molecule has 7 nitrogen and oxygen atoms in total. The number of nitrogens with zero attached hydrogens (tertiary/aromatic N) is 2. The van der Waals surface area contributed by atoms with Crippen molar-refractivity contribution in [3.8, 4) is 39.3 Å². The maximum atomic E-state index is 15.0. The number of fused-ring (bicyclic) bond motifs is 1. The first-order chi connectivity index (χ1) is 22.0. The maximum Gasteiger partial charge on any atom is 0.335 e. The third kappa shape index (κ3) is 5.17. The Morgan fingerprint density at radius 2 is 1.63 bits per heavy atom. The number of methoxy groups -OCH3 is 1. The molecule has 0 radical (unpaired) electrons. The highest BCUT2D eigenvalue weighted by Crippen LogP contribution is 2.49. The van der Waals surface area contributed by atoms with E-state index in [4.69, 9.17) is 22.9 Å². The standard InChI is InChI=1S/C36H24ClFN2O5S/c1-21-10-14-26(15-11-21)46(43,44)40-31-17-13-25(38)20-29(31)33(28-8-5-9-32(45-3)34(28)39-2)35(40)23-7-4-6-22(18-23)27-16-12-24(36(41)42)19-30(27)37/h4-20H,1,3H3,(H,41,42). The molecule has 228 valence electrons. The summed E-state index contributed by atoms with van der Waals surface area (Å²) in [6, 6.07) is 26.6. The molecule has 1 aromatic heterocycles. The highest BCUT2D eigenvalue weighted by Gasteiger charge is 2.30. The molecular weight excluding hydrogens is 627 g/mol. The molecule has 5 aromatic carbocycles. The molecule has 1 N–H and O–H groups in total. The molecule has 0 bridgehead atoms. The number of aromatic nitrogens is 1. The number of carboxylic acids is 1. The summed E-state index contributed by atoms with van der Waals surface area (Å²) in [5.74, 6) is -1.44. The van der Waals surface area contributed by atoms with Gasteiger partial charge in [0.2, 0.25) is 5.69 Å². The molecule has 6 rings (SSSR count). The van der Waals surface area contributed by atoms with Gasteiger partial charge in [-0.05, 0) is 72.6 Å². The predicted octanol–water partition coefficient (Wildman–Crippen LogP) is 9.24. The number of hydrogen-bond acceptors (Lipinski definition) is 4. The largest absolute Gasteiger partial charge is 0.508 e. The molecule has 0 amide bonds. The Kier molecular flexibility index (Phi) is 7.86. The lowest BCUT2D eigenvalue weighted by Gasteiger charge is -2.16. The van der Waals surface area contributed by atoms with E-state index in [2.05, 4.69) is 4.85 Å². The molecule has 1 heterocycles. The minimum absolute atomic E-state index is 0.0169. The van der Waals surface area contributed by atoms with E-state index in [0.29, 0.717) is 27.8 Å². The van der Waals surface area contributed by atoms with E-state index in [1.807, 2.05) is 6.92 Å². The topological polar surface area (TPSA) is 90.0 Å². The highest BCUT2D eigenvalue weighted by molar-refractivity contribution is 7.90. The van der Waals surface area contributed by atoms with E-state index in [-0.39, 0.29) is 43.5 Å². The number of aryl methyl sites for hydroxylation is 1. The summed E-state index contributed by atoms with van der Waals surface area (Å²) < 4.78 is 50.8. The van der Waals surface area contributed by atoms with Crippen molar-refractivity contribution in [2.75, 3.05) is 7.11 Å². The first-order valence-electron chi connectivity index (χ1n) is 13.9. The molecule has 0 fully saturated rings. The Labute approximate surface area is 269 Å². The van der Waals surface area contributed by atoms with Gasteiger partial charge in [0.25, 0.3) is 10.0 Å². The van der Waals surface area contributed by atoms with Crippen molar-refractivity contribution in [3.63, 3.8) is 0 Å². The lowest BCUT2D eigenvalue weighted by Crippen LogP contribution is -2.14. The van der Waals surface area contributed by atoms with Crippen molar-refractivity contribution < 1.29 is 27.4 Å². The number of hydrogen-bond donors (Lipinski definition) is 1. The van der Waals surface area contributed by atoms with Crippen LogP contribution in [0.2, 0.25) is 5.02 Å². The number of rotatable bonds is 7. The molecular formula is C36H24ClFN2O5S. The average Bonchev–Trinajstić information content (AvgIpc) is 3.39. The molecule has 0 unspecified atom stereocenters. The van der Waals surface area contributed by atoms with Crippen molar-refractivity contribution in [2.45, 2.75) is 11.8 Å². The summed E-state index contributed by atoms with van der Waals surface area (Å²) >= 11 is 6.53. The number of benzene rings is 5. The molecule has 0 aliphatic heterocycles. The van der Waals surface area contributed by atoms with Crippen LogP contribution in [0, 0.1) is 19.3 Å². The van der Waals surface area contributed by atoms with Gasteiger partial charge in [0.1, 0.15) is 11.6 Å². The van der Waals surface area contributed by atoms with Crippen molar-refractivity contribution in [1.82, 2.24) is 3.97 Å². The molecule has 0 spiro atoms. The zero-order valence-electron chi connectivity index (χ0n) is 24.5. The van der Waals surface area contributed by atoms with Crippen molar-refractivity contribution >= 4 is 44.2 Å². The fourth-order valence-electron chi connectivity index (χ4n) is 5.56. The fourth-order valence-corrected chi connectivity index (χ4v) is 7.39. The Balaban J connectivity index is 1.76. The zero-order chi connectivity index (χ0) is 32.7. The molecule has 10 heteroatoms. The van der Waals surface area contributed by atoms with Gasteiger partial charge in [-0.25, -0.2) is 26.4 Å². The van der Waals surface area contributed by atoms with E-state index in [1.54, 1.807) is 60.7 Å². The number of carbonyl (C=O) groups is 1. The van der Waals surface area contributed by atoms with Crippen molar-refractivity contribution in [2.24, 2.45) is 0 Å². The predicted molar refractivity (Wildman–Crippen MR) is 177 cm³/mol. The third-order valence-corrected chi connectivity index (χ3v) is 9.75. The lowest BCUT2D eigenvalue weighted by molar-refractivity contribution is 0.0697. The van der Waals surface area contributed by atoms with E-state index < -0.39 is 21.8 Å². The van der Waals surface area contributed by atoms with Crippen LogP contribution in [-0.2, 0) is 10.0 Å². The molecule has 0 aliphatic rings. The molecule has 0 saturated heterocycles. The normalized spacial score (nSPS) is 11.4. The summed E-state index contributed by atoms with van der Waals surface area (Å²) in [6.45, 7) is 9.84. The van der Waals surface area contributed by atoms with Crippen LogP contribution in [-0.4, -0.2) is 30.6 Å². The Morgan fingerprint density at radius 3 is 2.30 bits per heavy atom. The van der Waals surface area contributed by atoms with Gasteiger partial charge in [0, 0.05) is 27.1 Å². The van der Waals surface area contributed by atoms with Crippen LogP contribution in [0.3, 0.4) is 0 Å². The Hall–Kier alpha value is -5.43. The van der Waals surface area contributed by atoms with E-state index in [9.17, 15) is 22.7 Å². The molecule has 46 heavy (non-hydrogen) atoms. The van der Waals surface area contributed by atoms with E-state index in [1.165, 1.54) is 53.5 Å². The van der Waals surface area contributed by atoms with Crippen LogP contribution in [0.25, 0.3) is 49.3 Å². The van der Waals surface area contributed by atoms with Crippen LogP contribution in [0.1, 0.15) is 15.9 Å². The molecule has 0 saturated carbocycles. The summed E-state index contributed by atoms with van der Waals surface area (Å²) in [7, 11) is -2.87. The van der Waals surface area contributed by atoms with E-state index >= 15 is 0 Å². The lowest BCUT2D eigenvalue weighted by atomic mass is 9.94. The maximum absolute atomic E-state index is 15.0. The second-order valence-corrected chi connectivity index (χ2v) is 12.7. The van der Waals surface area contributed by atoms with Gasteiger partial charge < -0.3 is 9.84 Å². The van der Waals surface area contributed by atoms with Gasteiger partial charge in [-0.1, -0.05) is 65.7 Å². The van der Waals surface area contributed by atoms with Crippen LogP contribution in [0.15, 0.2) is 108 Å². The summed E-state index contributed by atoms with van der Waals surface area (Å²) in [4.78, 5) is 15.3. The Bertz CT molecular complexity index is 2340. The van der Waals surface area contributed by atoms with Crippen LogP contribution >= 0.6 is 11.6 Å². The number of para-hydroxylation sites is 1. The molecule has 6 aromatic rings. The quantitative estimate of drug-likeness (QED) is 0.174. The van der Waals surface area contributed by atoms with Crippen LogP contribution in [0.4, 0.5) is 10.1 Å². The smallest absolute Gasteiger partial charge is 0.335 e. The number of halogens is 2. The Morgan fingerprint density at radius 1 is 0.913 bits per heavy atom. The van der Waals surface area contributed by atoms with Gasteiger partial charge in [-0.15, -0.1) is 0 Å². The van der Waals surface area contributed by atoms with E-state index in [0.717, 1.165) is 5.56 Å². The summed E-state index contributed by atoms with van der Waals surface area (Å²) in [5, 5.41) is 9.88.